The normalized spacial score (nSPS) is 29.7. The van der Waals surface area contributed by atoms with Gasteiger partial charge in [-0.05, 0) is 12.8 Å². The lowest BCUT2D eigenvalue weighted by Crippen LogP contribution is -2.55. The van der Waals surface area contributed by atoms with E-state index in [1.54, 1.807) is 7.05 Å². The van der Waals surface area contributed by atoms with Gasteiger partial charge in [-0.1, -0.05) is 6.42 Å². The number of likely N-dealkylation sites (N-methyl/N-ethyl adjacent to an activating group) is 1. The van der Waals surface area contributed by atoms with E-state index in [2.05, 4.69) is 0 Å². The largest absolute Gasteiger partial charge is 0.481 e. The van der Waals surface area contributed by atoms with Gasteiger partial charge in [0, 0.05) is 13.6 Å². The predicted molar refractivity (Wildman–Crippen MR) is 63.8 cm³/mol. The van der Waals surface area contributed by atoms with Crippen LogP contribution in [0.4, 0.5) is 0 Å². The summed E-state index contributed by atoms with van der Waals surface area (Å²) in [5, 5.41) is 9.10. The number of ether oxygens (including phenoxy) is 1. The van der Waals surface area contributed by atoms with Crippen molar-refractivity contribution in [1.82, 2.24) is 4.90 Å². The number of nitrogens with two attached hydrogens (primary N) is 1. The van der Waals surface area contributed by atoms with Crippen LogP contribution in [-0.2, 0) is 14.3 Å². The van der Waals surface area contributed by atoms with Gasteiger partial charge in [0.25, 0.3) is 0 Å². The number of carboxylic acid groups (broad SMARTS) is 1. The molecule has 18 heavy (non-hydrogen) atoms. The maximum atomic E-state index is 12.4. The third-order valence-corrected chi connectivity index (χ3v) is 4.34. The SMILES string of the molecule is CN(C(=O)C1(CN)CCC1)C1COCC1C(=O)O. The van der Waals surface area contributed by atoms with Gasteiger partial charge in [-0.25, -0.2) is 0 Å². The number of amides is 1. The van der Waals surface area contributed by atoms with Crippen molar-refractivity contribution in [2.75, 3.05) is 26.8 Å². The van der Waals surface area contributed by atoms with E-state index >= 15 is 0 Å². The zero-order valence-electron chi connectivity index (χ0n) is 10.6. The number of hydrogen-bond acceptors (Lipinski definition) is 4. The van der Waals surface area contributed by atoms with Crippen LogP contribution in [0.1, 0.15) is 19.3 Å². The molecule has 1 heterocycles. The summed E-state index contributed by atoms with van der Waals surface area (Å²) in [4.78, 5) is 25.1. The minimum absolute atomic E-state index is 0.0296. The Morgan fingerprint density at radius 2 is 2.11 bits per heavy atom. The summed E-state index contributed by atoms with van der Waals surface area (Å²) >= 11 is 0. The predicted octanol–water partition coefficient (Wildman–Crippen LogP) is -0.327. The van der Waals surface area contributed by atoms with E-state index in [1.165, 1.54) is 4.90 Å². The van der Waals surface area contributed by atoms with Gasteiger partial charge in [-0.2, -0.15) is 0 Å². The Bertz CT molecular complexity index is 348. The van der Waals surface area contributed by atoms with E-state index in [4.69, 9.17) is 15.6 Å². The molecule has 102 valence electrons. The average Bonchev–Trinajstić information content (AvgIpc) is 2.76. The number of carboxylic acids is 1. The maximum absolute atomic E-state index is 12.4. The third kappa shape index (κ3) is 1.99. The molecular formula is C12H20N2O4. The Hall–Kier alpha value is -1.14. The van der Waals surface area contributed by atoms with Crippen LogP contribution in [0, 0.1) is 11.3 Å². The van der Waals surface area contributed by atoms with Crippen molar-refractivity contribution in [3.63, 3.8) is 0 Å². The maximum Gasteiger partial charge on any atom is 0.311 e. The molecule has 1 aliphatic heterocycles. The fraction of sp³-hybridized carbons (Fsp3) is 0.833. The standard InChI is InChI=1S/C12H20N2O4/c1-14(9-6-18-5-8(9)10(15)16)11(17)12(7-13)3-2-4-12/h8-9H,2-7,13H2,1H3,(H,15,16). The second-order valence-electron chi connectivity index (χ2n) is 5.30. The summed E-state index contributed by atoms with van der Waals surface area (Å²) in [6.07, 6.45) is 2.62. The van der Waals surface area contributed by atoms with Gasteiger partial charge in [0.1, 0.15) is 5.92 Å². The number of carbonyl (C=O) groups excluding carboxylic acids is 1. The zero-order valence-corrected chi connectivity index (χ0v) is 10.6. The van der Waals surface area contributed by atoms with E-state index in [1.807, 2.05) is 0 Å². The molecule has 2 atom stereocenters. The highest BCUT2D eigenvalue weighted by Gasteiger charge is 2.48. The molecule has 1 amide bonds. The molecule has 1 saturated carbocycles. The Balaban J connectivity index is 2.08. The molecular weight excluding hydrogens is 236 g/mol. The first kappa shape index (κ1) is 13.3. The molecule has 0 aromatic rings. The Morgan fingerprint density at radius 1 is 1.44 bits per heavy atom. The first-order chi connectivity index (χ1) is 8.52. The van der Waals surface area contributed by atoms with Gasteiger partial charge in [-0.3, -0.25) is 9.59 Å². The second kappa shape index (κ2) is 4.85. The van der Waals surface area contributed by atoms with Crippen molar-refractivity contribution in [3.05, 3.63) is 0 Å². The summed E-state index contributed by atoms with van der Waals surface area (Å²) in [6.45, 7) is 0.800. The summed E-state index contributed by atoms with van der Waals surface area (Å²) in [6, 6.07) is -0.376. The molecule has 0 bridgehead atoms. The number of rotatable bonds is 4. The molecule has 2 fully saturated rings. The Labute approximate surface area is 106 Å². The van der Waals surface area contributed by atoms with Crippen molar-refractivity contribution < 1.29 is 19.4 Å². The molecule has 0 aromatic carbocycles. The number of nitrogens with zero attached hydrogens (tertiary/aromatic N) is 1. The number of carbonyl (C=O) groups is 2. The van der Waals surface area contributed by atoms with Crippen LogP contribution >= 0.6 is 0 Å². The van der Waals surface area contributed by atoms with Crippen LogP contribution in [0.2, 0.25) is 0 Å². The first-order valence-electron chi connectivity index (χ1n) is 6.30. The fourth-order valence-electron chi connectivity index (χ4n) is 2.79. The number of aliphatic carboxylic acids is 1. The van der Waals surface area contributed by atoms with Crippen LogP contribution in [-0.4, -0.2) is 54.7 Å². The lowest BCUT2D eigenvalue weighted by atomic mass is 9.67. The van der Waals surface area contributed by atoms with E-state index in [9.17, 15) is 9.59 Å². The van der Waals surface area contributed by atoms with E-state index in [0.29, 0.717) is 13.2 Å². The summed E-state index contributed by atoms with van der Waals surface area (Å²) in [5.74, 6) is -1.57. The lowest BCUT2D eigenvalue weighted by molar-refractivity contribution is -0.151. The van der Waals surface area contributed by atoms with Crippen LogP contribution in [0.5, 0.6) is 0 Å². The molecule has 1 aliphatic carbocycles. The van der Waals surface area contributed by atoms with Crippen LogP contribution < -0.4 is 5.73 Å². The Kier molecular flexibility index (Phi) is 3.59. The van der Waals surface area contributed by atoms with Crippen LogP contribution in [0.25, 0.3) is 0 Å². The Morgan fingerprint density at radius 3 is 2.56 bits per heavy atom. The van der Waals surface area contributed by atoms with Gasteiger partial charge in [0.15, 0.2) is 0 Å². The van der Waals surface area contributed by atoms with Gasteiger partial charge in [0.2, 0.25) is 5.91 Å². The highest BCUT2D eigenvalue weighted by atomic mass is 16.5. The minimum atomic E-state index is -0.910. The van der Waals surface area contributed by atoms with Crippen molar-refractivity contribution in [2.45, 2.75) is 25.3 Å². The van der Waals surface area contributed by atoms with Crippen molar-refractivity contribution in [2.24, 2.45) is 17.1 Å². The average molecular weight is 256 g/mol. The van der Waals surface area contributed by atoms with Crippen molar-refractivity contribution in [1.29, 1.82) is 0 Å². The molecule has 6 heteroatoms. The molecule has 0 spiro atoms. The topological polar surface area (TPSA) is 92.9 Å². The monoisotopic (exact) mass is 256 g/mol. The highest BCUT2D eigenvalue weighted by molar-refractivity contribution is 5.85. The molecule has 0 radical (unpaired) electrons. The first-order valence-corrected chi connectivity index (χ1v) is 6.30. The van der Waals surface area contributed by atoms with Crippen LogP contribution in [0.3, 0.4) is 0 Å². The molecule has 2 aliphatic rings. The van der Waals surface area contributed by atoms with Gasteiger partial charge in [-0.15, -0.1) is 0 Å². The highest BCUT2D eigenvalue weighted by Crippen LogP contribution is 2.42. The molecule has 2 unspecified atom stereocenters. The molecule has 2 rings (SSSR count). The molecule has 3 N–H and O–H groups in total. The van der Waals surface area contributed by atoms with E-state index in [-0.39, 0.29) is 18.6 Å². The zero-order chi connectivity index (χ0) is 13.3. The summed E-state index contributed by atoms with van der Waals surface area (Å²) in [5.41, 5.74) is 5.25. The molecule has 1 saturated heterocycles. The third-order valence-electron chi connectivity index (χ3n) is 4.34. The molecule has 6 nitrogen and oxygen atoms in total. The van der Waals surface area contributed by atoms with Gasteiger partial charge in [0.05, 0.1) is 24.7 Å². The van der Waals surface area contributed by atoms with E-state index in [0.717, 1.165) is 19.3 Å². The van der Waals surface area contributed by atoms with Gasteiger partial charge < -0.3 is 20.5 Å². The van der Waals surface area contributed by atoms with Crippen LogP contribution in [0.15, 0.2) is 0 Å². The fourth-order valence-corrected chi connectivity index (χ4v) is 2.79. The van der Waals surface area contributed by atoms with Crippen molar-refractivity contribution in [3.8, 4) is 0 Å². The minimum Gasteiger partial charge on any atom is -0.481 e. The lowest BCUT2D eigenvalue weighted by Gasteiger charge is -2.43. The van der Waals surface area contributed by atoms with E-state index < -0.39 is 17.3 Å². The van der Waals surface area contributed by atoms with Gasteiger partial charge >= 0.3 is 5.97 Å². The smallest absolute Gasteiger partial charge is 0.311 e. The quantitative estimate of drug-likeness (QED) is 0.718. The molecule has 0 aromatic heterocycles. The summed E-state index contributed by atoms with van der Waals surface area (Å²) < 4.78 is 5.19. The second-order valence-corrected chi connectivity index (χ2v) is 5.30. The number of hydrogen-bond donors (Lipinski definition) is 2. The summed E-state index contributed by atoms with van der Waals surface area (Å²) in [7, 11) is 1.66. The van der Waals surface area contributed by atoms with Crippen molar-refractivity contribution >= 4 is 11.9 Å².